The van der Waals surface area contributed by atoms with Gasteiger partial charge in [0.05, 0.1) is 0 Å². The third kappa shape index (κ3) is 2.59. The third-order valence-electron chi connectivity index (χ3n) is 4.21. The Morgan fingerprint density at radius 2 is 1.77 bits per heavy atom. The number of rotatable bonds is 5. The molecule has 0 aromatic carbocycles. The van der Waals surface area contributed by atoms with E-state index in [-0.39, 0.29) is 0 Å². The highest BCUT2D eigenvalue weighted by Gasteiger charge is 2.32. The summed E-state index contributed by atoms with van der Waals surface area (Å²) in [7, 11) is 0. The molecule has 0 heterocycles. The van der Waals surface area contributed by atoms with Crippen LogP contribution in [0.1, 0.15) is 54.4 Å². The molecular formula is C13H26. The zero-order valence-electron chi connectivity index (χ0n) is 10.3. The Hall–Kier alpha value is -0.260. The summed E-state index contributed by atoms with van der Waals surface area (Å²) in [5.74, 6) is 1.53. The van der Waals surface area contributed by atoms with E-state index in [9.17, 15) is 0 Å². The Labute approximate surface area is 84.4 Å². The Bertz CT molecular complexity index is 169. The van der Waals surface area contributed by atoms with E-state index < -0.39 is 0 Å². The number of allylic oxidation sites excluding steroid dienone is 1. The lowest BCUT2D eigenvalue weighted by atomic mass is 9.66. The van der Waals surface area contributed by atoms with Gasteiger partial charge < -0.3 is 0 Å². The van der Waals surface area contributed by atoms with Crippen LogP contribution in [0.25, 0.3) is 0 Å². The molecule has 0 heteroatoms. The minimum atomic E-state index is 0.329. The van der Waals surface area contributed by atoms with Gasteiger partial charge in [0.25, 0.3) is 0 Å². The van der Waals surface area contributed by atoms with Crippen molar-refractivity contribution < 1.29 is 0 Å². The summed E-state index contributed by atoms with van der Waals surface area (Å²) in [6.45, 7) is 17.9. The van der Waals surface area contributed by atoms with Gasteiger partial charge in [-0.3, -0.25) is 0 Å². The van der Waals surface area contributed by atoms with Crippen molar-refractivity contribution in [3.8, 4) is 0 Å². The smallest absolute Gasteiger partial charge is 0.00963 e. The van der Waals surface area contributed by atoms with E-state index in [2.05, 4.69) is 48.1 Å². The van der Waals surface area contributed by atoms with E-state index in [1.165, 1.54) is 18.4 Å². The minimum absolute atomic E-state index is 0.329. The highest BCUT2D eigenvalue weighted by atomic mass is 14.4. The normalized spacial score (nSPS) is 20.5. The fourth-order valence-electron chi connectivity index (χ4n) is 1.99. The zero-order valence-corrected chi connectivity index (χ0v) is 10.3. The highest BCUT2D eigenvalue weighted by Crippen LogP contribution is 2.42. The van der Waals surface area contributed by atoms with Gasteiger partial charge in [0.1, 0.15) is 0 Å². The van der Waals surface area contributed by atoms with Gasteiger partial charge in [-0.15, -0.1) is 0 Å². The maximum Gasteiger partial charge on any atom is -0.00963 e. The van der Waals surface area contributed by atoms with Crippen LogP contribution in [0.5, 0.6) is 0 Å². The van der Waals surface area contributed by atoms with Gasteiger partial charge in [-0.1, -0.05) is 53.2 Å². The Morgan fingerprint density at radius 1 is 1.31 bits per heavy atom. The molecule has 13 heavy (non-hydrogen) atoms. The topological polar surface area (TPSA) is 0 Å². The van der Waals surface area contributed by atoms with Crippen molar-refractivity contribution in [1.29, 1.82) is 0 Å². The van der Waals surface area contributed by atoms with E-state index in [1.54, 1.807) is 0 Å². The molecule has 3 atom stereocenters. The molecule has 0 rings (SSSR count). The summed E-state index contributed by atoms with van der Waals surface area (Å²) in [6, 6.07) is 0. The second-order valence-corrected chi connectivity index (χ2v) is 4.73. The summed E-state index contributed by atoms with van der Waals surface area (Å²) in [4.78, 5) is 0. The second kappa shape index (κ2) is 4.83. The van der Waals surface area contributed by atoms with Gasteiger partial charge >= 0.3 is 0 Å². The van der Waals surface area contributed by atoms with Crippen LogP contribution in [0.3, 0.4) is 0 Å². The molecule has 0 aliphatic carbocycles. The van der Waals surface area contributed by atoms with Crippen molar-refractivity contribution in [2.75, 3.05) is 0 Å². The molecule has 0 amide bonds. The van der Waals surface area contributed by atoms with Gasteiger partial charge in [0, 0.05) is 0 Å². The first-order chi connectivity index (χ1) is 5.90. The van der Waals surface area contributed by atoms with Crippen LogP contribution >= 0.6 is 0 Å². The average molecular weight is 182 g/mol. The molecule has 3 unspecified atom stereocenters. The van der Waals surface area contributed by atoms with Crippen molar-refractivity contribution in [1.82, 2.24) is 0 Å². The average Bonchev–Trinajstić information content (AvgIpc) is 2.13. The van der Waals surface area contributed by atoms with Crippen LogP contribution in [-0.4, -0.2) is 0 Å². The third-order valence-corrected chi connectivity index (χ3v) is 4.21. The fourth-order valence-corrected chi connectivity index (χ4v) is 1.99. The summed E-state index contributed by atoms with van der Waals surface area (Å²) in [5, 5.41) is 0. The van der Waals surface area contributed by atoms with Gasteiger partial charge in [-0.2, -0.15) is 0 Å². The largest absolute Gasteiger partial charge is 0.0996 e. The summed E-state index contributed by atoms with van der Waals surface area (Å²) in [6.07, 6.45) is 2.47. The predicted octanol–water partition coefficient (Wildman–Crippen LogP) is 4.66. The van der Waals surface area contributed by atoms with Crippen molar-refractivity contribution >= 4 is 0 Å². The monoisotopic (exact) mass is 182 g/mol. The van der Waals surface area contributed by atoms with Crippen molar-refractivity contribution in [3.05, 3.63) is 12.2 Å². The summed E-state index contributed by atoms with van der Waals surface area (Å²) in [5.41, 5.74) is 1.66. The predicted molar refractivity (Wildman–Crippen MR) is 61.8 cm³/mol. The van der Waals surface area contributed by atoms with Crippen LogP contribution in [0.15, 0.2) is 12.2 Å². The maximum absolute atomic E-state index is 4.14. The van der Waals surface area contributed by atoms with Crippen molar-refractivity contribution in [3.63, 3.8) is 0 Å². The zero-order chi connectivity index (χ0) is 10.6. The van der Waals surface area contributed by atoms with E-state index in [0.717, 1.165) is 11.8 Å². The van der Waals surface area contributed by atoms with Gasteiger partial charge in [0.15, 0.2) is 0 Å². The Kier molecular flexibility index (Phi) is 4.74. The molecule has 0 saturated heterocycles. The lowest BCUT2D eigenvalue weighted by Crippen LogP contribution is -2.30. The molecule has 0 aliphatic rings. The van der Waals surface area contributed by atoms with Gasteiger partial charge in [-0.05, 0) is 30.6 Å². The molecular weight excluding hydrogens is 156 g/mol. The minimum Gasteiger partial charge on any atom is -0.0996 e. The maximum atomic E-state index is 4.14. The number of hydrogen-bond acceptors (Lipinski definition) is 0. The lowest BCUT2D eigenvalue weighted by molar-refractivity contribution is 0.175. The lowest BCUT2D eigenvalue weighted by Gasteiger charge is -2.39. The molecule has 0 bridgehead atoms. The van der Waals surface area contributed by atoms with E-state index in [4.69, 9.17) is 0 Å². The molecule has 0 aromatic rings. The van der Waals surface area contributed by atoms with E-state index in [1.807, 2.05) is 0 Å². The Balaban J connectivity index is 4.65. The van der Waals surface area contributed by atoms with Crippen LogP contribution in [-0.2, 0) is 0 Å². The second-order valence-electron chi connectivity index (χ2n) is 4.73. The molecule has 0 aliphatic heterocycles. The molecule has 0 radical (unpaired) electrons. The molecule has 0 spiro atoms. The quantitative estimate of drug-likeness (QED) is 0.542. The molecule has 0 fully saturated rings. The van der Waals surface area contributed by atoms with Gasteiger partial charge in [0.2, 0.25) is 0 Å². The molecule has 0 aromatic heterocycles. The SMILES string of the molecule is C=C(C)C(C)(CC)C(C)C(C)CC. The molecule has 0 nitrogen and oxygen atoms in total. The molecule has 78 valence electrons. The van der Waals surface area contributed by atoms with E-state index in [0.29, 0.717) is 5.41 Å². The van der Waals surface area contributed by atoms with Crippen LogP contribution in [0.4, 0.5) is 0 Å². The van der Waals surface area contributed by atoms with Gasteiger partial charge in [-0.25, -0.2) is 0 Å². The fraction of sp³-hybridized carbons (Fsp3) is 0.846. The summed E-state index contributed by atoms with van der Waals surface area (Å²) >= 11 is 0. The summed E-state index contributed by atoms with van der Waals surface area (Å²) < 4.78 is 0. The van der Waals surface area contributed by atoms with E-state index >= 15 is 0 Å². The first-order valence-corrected chi connectivity index (χ1v) is 5.56. The molecule has 0 N–H and O–H groups in total. The Morgan fingerprint density at radius 3 is 2.00 bits per heavy atom. The van der Waals surface area contributed by atoms with Crippen LogP contribution in [0, 0.1) is 17.3 Å². The number of hydrogen-bond donors (Lipinski definition) is 0. The highest BCUT2D eigenvalue weighted by molar-refractivity contribution is 5.07. The first kappa shape index (κ1) is 12.7. The molecule has 0 saturated carbocycles. The van der Waals surface area contributed by atoms with Crippen LogP contribution < -0.4 is 0 Å². The van der Waals surface area contributed by atoms with Crippen molar-refractivity contribution in [2.45, 2.75) is 54.4 Å². The standard InChI is InChI=1S/C13H26/c1-8-11(5)12(6)13(7,9-2)10(3)4/h11-12H,3,8-9H2,1-2,4-7H3. The first-order valence-electron chi connectivity index (χ1n) is 5.56. The van der Waals surface area contributed by atoms with Crippen molar-refractivity contribution in [2.24, 2.45) is 17.3 Å². The van der Waals surface area contributed by atoms with Crippen LogP contribution in [0.2, 0.25) is 0 Å².